The molecule has 0 aliphatic carbocycles. The van der Waals surface area contributed by atoms with E-state index in [9.17, 15) is 14.4 Å². The monoisotopic (exact) mass is 493 g/mol. The van der Waals surface area contributed by atoms with Gasteiger partial charge in [0.15, 0.2) is 0 Å². The number of piperazine rings is 1. The third-order valence-corrected chi connectivity index (χ3v) is 7.77. The Labute approximate surface area is 216 Å². The molecule has 0 aromatic carbocycles. The average molecular weight is 494 g/mol. The number of nitrogens with zero attached hydrogens (tertiary/aromatic N) is 2. The topological polar surface area (TPSA) is 69.7 Å². The van der Waals surface area contributed by atoms with Gasteiger partial charge in [0.25, 0.3) is 0 Å². The highest BCUT2D eigenvalue weighted by Crippen LogP contribution is 2.21. The minimum atomic E-state index is -0.487. The van der Waals surface area contributed by atoms with Crippen LogP contribution >= 0.6 is 0 Å². The van der Waals surface area contributed by atoms with Crippen LogP contribution in [-0.4, -0.2) is 59.2 Å². The fourth-order valence-corrected chi connectivity index (χ4v) is 5.04. The third-order valence-electron chi connectivity index (χ3n) is 7.77. The van der Waals surface area contributed by atoms with Crippen molar-refractivity contribution in [3.05, 3.63) is 0 Å². The lowest BCUT2D eigenvalue weighted by molar-refractivity contribution is -0.147. The van der Waals surface area contributed by atoms with Crippen molar-refractivity contribution < 1.29 is 14.4 Å². The maximum absolute atomic E-state index is 13.5. The van der Waals surface area contributed by atoms with Gasteiger partial charge in [0.05, 0.1) is 0 Å². The van der Waals surface area contributed by atoms with Gasteiger partial charge in [-0.15, -0.1) is 0 Å². The first kappa shape index (κ1) is 31.4. The van der Waals surface area contributed by atoms with Crippen LogP contribution < -0.4 is 5.32 Å². The van der Waals surface area contributed by atoms with Crippen LogP contribution in [0.4, 0.5) is 0 Å². The Hall–Kier alpha value is -1.59. The standard InChI is InChI=1S/C29H55N3O3/c1-7-11-13-14-15-16-17-19-26(33)30-27(23(5)9-3)29(35)31-20-21-32(24(6)22-31)28(34)25(10-4)18-12-8-2/h23-25,27H,7-22H2,1-6H3,(H,30,33). The van der Waals surface area contributed by atoms with Gasteiger partial charge in [-0.1, -0.05) is 92.4 Å². The zero-order valence-corrected chi connectivity index (χ0v) is 23.7. The van der Waals surface area contributed by atoms with Gasteiger partial charge in [0.2, 0.25) is 17.7 Å². The number of carbonyl (C=O) groups is 3. The Kier molecular flexibility index (Phi) is 16.0. The molecular formula is C29H55N3O3. The van der Waals surface area contributed by atoms with Crippen molar-refractivity contribution >= 4 is 17.7 Å². The Morgan fingerprint density at radius 1 is 0.829 bits per heavy atom. The average Bonchev–Trinajstić information content (AvgIpc) is 2.86. The predicted molar refractivity (Wildman–Crippen MR) is 145 cm³/mol. The van der Waals surface area contributed by atoms with Crippen molar-refractivity contribution in [1.29, 1.82) is 0 Å². The third kappa shape index (κ3) is 10.9. The smallest absolute Gasteiger partial charge is 0.245 e. The molecule has 1 rings (SSSR count). The molecule has 0 aromatic heterocycles. The van der Waals surface area contributed by atoms with Gasteiger partial charge < -0.3 is 15.1 Å². The first-order chi connectivity index (χ1) is 16.8. The van der Waals surface area contributed by atoms with Gasteiger partial charge in [-0.25, -0.2) is 0 Å². The van der Waals surface area contributed by atoms with Crippen LogP contribution in [0.2, 0.25) is 0 Å². The summed E-state index contributed by atoms with van der Waals surface area (Å²) >= 11 is 0. The molecule has 4 atom stereocenters. The molecule has 0 bridgehead atoms. The van der Waals surface area contributed by atoms with E-state index in [1.807, 2.05) is 23.6 Å². The van der Waals surface area contributed by atoms with Crippen LogP contribution in [0.15, 0.2) is 0 Å². The van der Waals surface area contributed by atoms with Crippen LogP contribution in [0, 0.1) is 11.8 Å². The minimum Gasteiger partial charge on any atom is -0.344 e. The summed E-state index contributed by atoms with van der Waals surface area (Å²) in [6.45, 7) is 14.3. The Morgan fingerprint density at radius 2 is 1.46 bits per heavy atom. The van der Waals surface area contributed by atoms with Gasteiger partial charge in [0.1, 0.15) is 6.04 Å². The lowest BCUT2D eigenvalue weighted by atomic mass is 9.95. The van der Waals surface area contributed by atoms with E-state index in [0.717, 1.165) is 44.9 Å². The highest BCUT2D eigenvalue weighted by Gasteiger charge is 2.36. The van der Waals surface area contributed by atoms with E-state index in [2.05, 4.69) is 33.0 Å². The molecule has 1 heterocycles. The number of rotatable bonds is 17. The second-order valence-electron chi connectivity index (χ2n) is 10.7. The van der Waals surface area contributed by atoms with Crippen LogP contribution in [-0.2, 0) is 14.4 Å². The fourth-order valence-electron chi connectivity index (χ4n) is 5.04. The summed E-state index contributed by atoms with van der Waals surface area (Å²) in [6, 6.07) is -0.490. The molecule has 0 aromatic rings. The molecule has 1 saturated heterocycles. The maximum atomic E-state index is 13.5. The fraction of sp³-hybridized carbons (Fsp3) is 0.897. The zero-order chi connectivity index (χ0) is 26.2. The minimum absolute atomic E-state index is 0.00290. The molecule has 1 aliphatic heterocycles. The largest absolute Gasteiger partial charge is 0.344 e. The number of unbranched alkanes of at least 4 members (excludes halogenated alkanes) is 7. The molecule has 1 aliphatic rings. The zero-order valence-electron chi connectivity index (χ0n) is 23.7. The first-order valence-corrected chi connectivity index (χ1v) is 14.7. The second kappa shape index (κ2) is 17.8. The van der Waals surface area contributed by atoms with Crippen molar-refractivity contribution in [2.24, 2.45) is 11.8 Å². The molecule has 0 spiro atoms. The molecule has 35 heavy (non-hydrogen) atoms. The Balaban J connectivity index is 2.62. The normalized spacial score (nSPS) is 18.7. The molecule has 4 unspecified atom stereocenters. The molecule has 0 saturated carbocycles. The molecule has 6 heteroatoms. The number of amides is 3. The number of carbonyl (C=O) groups excluding carboxylic acids is 3. The van der Waals surface area contributed by atoms with Crippen LogP contribution in [0.25, 0.3) is 0 Å². The van der Waals surface area contributed by atoms with Gasteiger partial charge in [-0.3, -0.25) is 14.4 Å². The maximum Gasteiger partial charge on any atom is 0.245 e. The van der Waals surface area contributed by atoms with Crippen LogP contribution in [0.3, 0.4) is 0 Å². The summed E-state index contributed by atoms with van der Waals surface area (Å²) < 4.78 is 0. The summed E-state index contributed by atoms with van der Waals surface area (Å²) in [5.74, 6) is 0.388. The lowest BCUT2D eigenvalue weighted by Crippen LogP contribution is -2.60. The molecule has 3 amide bonds. The molecule has 204 valence electrons. The summed E-state index contributed by atoms with van der Waals surface area (Å²) in [6.07, 6.45) is 13.5. The number of hydrogen-bond acceptors (Lipinski definition) is 3. The predicted octanol–water partition coefficient (Wildman–Crippen LogP) is 5.93. The molecule has 1 N–H and O–H groups in total. The molecule has 0 radical (unpaired) electrons. The second-order valence-corrected chi connectivity index (χ2v) is 10.7. The lowest BCUT2D eigenvalue weighted by Gasteiger charge is -2.42. The highest BCUT2D eigenvalue weighted by molar-refractivity contribution is 5.88. The van der Waals surface area contributed by atoms with E-state index in [1.54, 1.807) is 0 Å². The quantitative estimate of drug-likeness (QED) is 0.255. The van der Waals surface area contributed by atoms with Gasteiger partial charge in [0, 0.05) is 38.0 Å². The van der Waals surface area contributed by atoms with Gasteiger partial charge >= 0.3 is 0 Å². The highest BCUT2D eigenvalue weighted by atomic mass is 16.2. The summed E-state index contributed by atoms with van der Waals surface area (Å²) in [7, 11) is 0. The Morgan fingerprint density at radius 3 is 2.03 bits per heavy atom. The van der Waals surface area contributed by atoms with Gasteiger partial charge in [-0.05, 0) is 32.1 Å². The van der Waals surface area contributed by atoms with Crippen molar-refractivity contribution in [2.75, 3.05) is 19.6 Å². The number of nitrogens with one attached hydrogen (secondary N) is 1. The molecule has 1 fully saturated rings. The van der Waals surface area contributed by atoms with E-state index in [4.69, 9.17) is 0 Å². The van der Waals surface area contributed by atoms with E-state index in [1.165, 1.54) is 32.1 Å². The van der Waals surface area contributed by atoms with Crippen molar-refractivity contribution in [3.8, 4) is 0 Å². The van der Waals surface area contributed by atoms with E-state index < -0.39 is 6.04 Å². The van der Waals surface area contributed by atoms with E-state index in [0.29, 0.717) is 26.1 Å². The Bertz CT molecular complexity index is 624. The number of hydrogen-bond donors (Lipinski definition) is 1. The SMILES string of the molecule is CCCCCCCCCC(=O)NC(C(=O)N1CCN(C(=O)C(CC)CCCC)C(C)C1)C(C)CC. The van der Waals surface area contributed by atoms with E-state index >= 15 is 0 Å². The first-order valence-electron chi connectivity index (χ1n) is 14.7. The van der Waals surface area contributed by atoms with Gasteiger partial charge in [-0.2, -0.15) is 0 Å². The summed E-state index contributed by atoms with van der Waals surface area (Å²) in [4.78, 5) is 43.1. The van der Waals surface area contributed by atoms with Crippen LogP contribution in [0.5, 0.6) is 0 Å². The summed E-state index contributed by atoms with van der Waals surface area (Å²) in [5, 5.41) is 3.06. The van der Waals surface area contributed by atoms with E-state index in [-0.39, 0.29) is 35.6 Å². The molecule has 6 nitrogen and oxygen atoms in total. The van der Waals surface area contributed by atoms with Crippen molar-refractivity contribution in [1.82, 2.24) is 15.1 Å². The molecular weight excluding hydrogens is 438 g/mol. The van der Waals surface area contributed by atoms with Crippen molar-refractivity contribution in [2.45, 2.75) is 137 Å². The summed E-state index contributed by atoms with van der Waals surface area (Å²) in [5.41, 5.74) is 0. The van der Waals surface area contributed by atoms with Crippen LogP contribution in [0.1, 0.15) is 125 Å². The van der Waals surface area contributed by atoms with Crippen molar-refractivity contribution in [3.63, 3.8) is 0 Å².